The molecule has 24 heavy (non-hydrogen) atoms. The standard InChI is InChI=1S/C18H27N3O3/c1-20(13-15-4-8-19-9-5-15)14-17(23)21-10-6-18(7-11-21)16(22)3-2-12-24-18/h4-5,8-9,16,22H,2-3,6-7,10-14H2,1H3/t16-/m0/s1. The van der Waals surface area contributed by atoms with Crippen molar-refractivity contribution >= 4 is 5.91 Å². The first-order valence-electron chi connectivity index (χ1n) is 8.76. The second kappa shape index (κ2) is 7.59. The van der Waals surface area contributed by atoms with Crippen LogP contribution in [0.15, 0.2) is 24.5 Å². The number of likely N-dealkylation sites (tertiary alicyclic amines) is 1. The number of likely N-dealkylation sites (N-methyl/N-ethyl adjacent to an activating group) is 1. The van der Waals surface area contributed by atoms with Crippen molar-refractivity contribution in [3.63, 3.8) is 0 Å². The predicted octanol–water partition coefficient (Wildman–Crippen LogP) is 1.05. The summed E-state index contributed by atoms with van der Waals surface area (Å²) in [5.74, 6) is 0.145. The van der Waals surface area contributed by atoms with Crippen LogP contribution in [-0.2, 0) is 16.1 Å². The topological polar surface area (TPSA) is 65.9 Å². The van der Waals surface area contributed by atoms with Crippen molar-refractivity contribution in [3.05, 3.63) is 30.1 Å². The van der Waals surface area contributed by atoms with E-state index >= 15 is 0 Å². The number of hydrogen-bond acceptors (Lipinski definition) is 5. The van der Waals surface area contributed by atoms with Gasteiger partial charge in [0.15, 0.2) is 0 Å². The molecule has 6 nitrogen and oxygen atoms in total. The molecular weight excluding hydrogens is 306 g/mol. The monoisotopic (exact) mass is 333 g/mol. The molecule has 0 bridgehead atoms. The van der Waals surface area contributed by atoms with Gasteiger partial charge in [-0.1, -0.05) is 0 Å². The quantitative estimate of drug-likeness (QED) is 0.892. The number of amides is 1. The molecule has 2 aliphatic rings. The van der Waals surface area contributed by atoms with Crippen LogP contribution in [0.1, 0.15) is 31.2 Å². The number of carbonyl (C=O) groups is 1. The Balaban J connectivity index is 1.48. The lowest BCUT2D eigenvalue weighted by atomic mass is 9.82. The third-order valence-electron chi connectivity index (χ3n) is 5.19. The summed E-state index contributed by atoms with van der Waals surface area (Å²) in [7, 11) is 1.96. The third-order valence-corrected chi connectivity index (χ3v) is 5.19. The van der Waals surface area contributed by atoms with Gasteiger partial charge in [-0.2, -0.15) is 0 Å². The van der Waals surface area contributed by atoms with Crippen molar-refractivity contribution in [2.45, 2.75) is 43.9 Å². The van der Waals surface area contributed by atoms with E-state index in [9.17, 15) is 9.90 Å². The second-order valence-corrected chi connectivity index (χ2v) is 6.98. The van der Waals surface area contributed by atoms with E-state index in [4.69, 9.17) is 4.74 Å². The summed E-state index contributed by atoms with van der Waals surface area (Å²) in [6.45, 7) is 3.18. The Kier molecular flexibility index (Phi) is 5.48. The number of aliphatic hydroxyl groups excluding tert-OH is 1. The van der Waals surface area contributed by atoms with Crippen LogP contribution >= 0.6 is 0 Å². The summed E-state index contributed by atoms with van der Waals surface area (Å²) >= 11 is 0. The Morgan fingerprint density at radius 1 is 1.42 bits per heavy atom. The number of pyridine rings is 1. The first kappa shape index (κ1) is 17.3. The smallest absolute Gasteiger partial charge is 0.236 e. The highest BCUT2D eigenvalue weighted by Gasteiger charge is 2.44. The lowest BCUT2D eigenvalue weighted by Crippen LogP contribution is -2.56. The highest BCUT2D eigenvalue weighted by atomic mass is 16.5. The summed E-state index contributed by atoms with van der Waals surface area (Å²) in [5.41, 5.74) is 0.731. The van der Waals surface area contributed by atoms with E-state index < -0.39 is 11.7 Å². The Morgan fingerprint density at radius 3 is 2.79 bits per heavy atom. The van der Waals surface area contributed by atoms with Gasteiger partial charge in [0.2, 0.25) is 5.91 Å². The minimum absolute atomic E-state index is 0.145. The zero-order valence-corrected chi connectivity index (χ0v) is 14.4. The Hall–Kier alpha value is -1.50. The third kappa shape index (κ3) is 3.94. The molecule has 3 heterocycles. The molecule has 2 aliphatic heterocycles. The highest BCUT2D eigenvalue weighted by molar-refractivity contribution is 5.78. The molecule has 1 atom stereocenters. The van der Waals surface area contributed by atoms with Gasteiger partial charge in [0, 0.05) is 38.6 Å². The van der Waals surface area contributed by atoms with Crippen molar-refractivity contribution < 1.29 is 14.6 Å². The van der Waals surface area contributed by atoms with Gasteiger partial charge in [-0.05, 0) is 50.4 Å². The SMILES string of the molecule is CN(CC(=O)N1CCC2(CC1)OCCC[C@@H]2O)Cc1ccncc1. The summed E-state index contributed by atoms with van der Waals surface area (Å²) in [5, 5.41) is 10.3. The van der Waals surface area contributed by atoms with Gasteiger partial charge >= 0.3 is 0 Å². The molecule has 1 aromatic rings. The van der Waals surface area contributed by atoms with Gasteiger partial charge in [-0.15, -0.1) is 0 Å². The number of rotatable bonds is 4. The summed E-state index contributed by atoms with van der Waals surface area (Å²) in [6, 6.07) is 3.93. The normalized spacial score (nSPS) is 23.6. The van der Waals surface area contributed by atoms with Gasteiger partial charge in [-0.25, -0.2) is 0 Å². The van der Waals surface area contributed by atoms with Crippen LogP contribution < -0.4 is 0 Å². The number of nitrogens with zero attached hydrogens (tertiary/aromatic N) is 3. The first-order chi connectivity index (χ1) is 11.6. The minimum Gasteiger partial charge on any atom is -0.390 e. The predicted molar refractivity (Wildman–Crippen MR) is 90.3 cm³/mol. The number of piperidine rings is 1. The van der Waals surface area contributed by atoms with Crippen LogP contribution in [0.2, 0.25) is 0 Å². The Bertz CT molecular complexity index is 544. The number of aliphatic hydroxyl groups is 1. The maximum absolute atomic E-state index is 12.5. The molecule has 0 aliphatic carbocycles. The molecule has 0 radical (unpaired) electrons. The van der Waals surface area contributed by atoms with Crippen LogP contribution in [0.25, 0.3) is 0 Å². The van der Waals surface area contributed by atoms with Crippen LogP contribution in [-0.4, -0.2) is 70.8 Å². The molecule has 3 rings (SSSR count). The van der Waals surface area contributed by atoms with Crippen LogP contribution in [0.5, 0.6) is 0 Å². The van der Waals surface area contributed by atoms with Gasteiger partial charge < -0.3 is 14.7 Å². The van der Waals surface area contributed by atoms with Crippen molar-refractivity contribution in [3.8, 4) is 0 Å². The van der Waals surface area contributed by atoms with Crippen molar-refractivity contribution in [1.29, 1.82) is 0 Å². The second-order valence-electron chi connectivity index (χ2n) is 6.98. The largest absolute Gasteiger partial charge is 0.390 e. The van der Waals surface area contributed by atoms with Gasteiger partial charge in [0.1, 0.15) is 0 Å². The maximum Gasteiger partial charge on any atom is 0.236 e. The Morgan fingerprint density at radius 2 is 2.12 bits per heavy atom. The maximum atomic E-state index is 12.5. The molecule has 1 spiro atoms. The molecule has 1 N–H and O–H groups in total. The lowest BCUT2D eigenvalue weighted by Gasteiger charge is -2.46. The minimum atomic E-state index is -0.419. The van der Waals surface area contributed by atoms with Gasteiger partial charge in [-0.3, -0.25) is 14.7 Å². The average Bonchev–Trinajstić information content (AvgIpc) is 2.59. The summed E-state index contributed by atoms with van der Waals surface area (Å²) < 4.78 is 5.90. The molecule has 0 saturated carbocycles. The summed E-state index contributed by atoms with van der Waals surface area (Å²) in [4.78, 5) is 20.5. The van der Waals surface area contributed by atoms with Crippen LogP contribution in [0.4, 0.5) is 0 Å². The number of hydrogen-bond donors (Lipinski definition) is 1. The van der Waals surface area contributed by atoms with Crippen LogP contribution in [0.3, 0.4) is 0 Å². The molecule has 6 heteroatoms. The van der Waals surface area contributed by atoms with Gasteiger partial charge in [0.25, 0.3) is 0 Å². The van der Waals surface area contributed by atoms with E-state index in [-0.39, 0.29) is 5.91 Å². The molecule has 1 amide bonds. The number of aromatic nitrogens is 1. The molecular formula is C18H27N3O3. The van der Waals surface area contributed by atoms with Crippen molar-refractivity contribution in [2.24, 2.45) is 0 Å². The fraction of sp³-hybridized carbons (Fsp3) is 0.667. The van der Waals surface area contributed by atoms with E-state index in [2.05, 4.69) is 4.98 Å². The number of ether oxygens (including phenoxy) is 1. The Labute approximate surface area is 143 Å². The fourth-order valence-corrected chi connectivity index (χ4v) is 3.71. The van der Waals surface area contributed by atoms with E-state index in [0.29, 0.717) is 19.6 Å². The van der Waals surface area contributed by atoms with E-state index in [0.717, 1.165) is 44.4 Å². The van der Waals surface area contributed by atoms with E-state index in [1.54, 1.807) is 12.4 Å². The molecule has 1 aromatic heterocycles. The van der Waals surface area contributed by atoms with Gasteiger partial charge in [0.05, 0.1) is 18.2 Å². The van der Waals surface area contributed by atoms with Crippen molar-refractivity contribution in [2.75, 3.05) is 33.3 Å². The molecule has 0 unspecified atom stereocenters. The fourth-order valence-electron chi connectivity index (χ4n) is 3.71. The molecule has 132 valence electrons. The van der Waals surface area contributed by atoms with Crippen LogP contribution in [0, 0.1) is 0 Å². The number of carbonyl (C=O) groups excluding carboxylic acids is 1. The first-order valence-corrected chi connectivity index (χ1v) is 8.76. The van der Waals surface area contributed by atoms with E-state index in [1.165, 1.54) is 0 Å². The molecule has 0 aromatic carbocycles. The molecule has 2 fully saturated rings. The van der Waals surface area contributed by atoms with Crippen molar-refractivity contribution in [1.82, 2.24) is 14.8 Å². The highest BCUT2D eigenvalue weighted by Crippen LogP contribution is 2.35. The summed E-state index contributed by atoms with van der Waals surface area (Å²) in [6.07, 6.45) is 6.34. The zero-order chi connectivity index (χ0) is 17.0. The average molecular weight is 333 g/mol. The van der Waals surface area contributed by atoms with E-state index in [1.807, 2.05) is 29.0 Å². The lowest BCUT2D eigenvalue weighted by molar-refractivity contribution is -0.179. The molecule has 2 saturated heterocycles. The zero-order valence-electron chi connectivity index (χ0n) is 14.4.